The van der Waals surface area contributed by atoms with Gasteiger partial charge in [0.05, 0.1) is 11.3 Å². The molecule has 0 spiro atoms. The molecule has 0 radical (unpaired) electrons. The number of esters is 1. The van der Waals surface area contributed by atoms with E-state index in [0.717, 1.165) is 5.56 Å². The van der Waals surface area contributed by atoms with Gasteiger partial charge in [-0.05, 0) is 51.8 Å². The highest BCUT2D eigenvalue weighted by Gasteiger charge is 2.22. The van der Waals surface area contributed by atoms with Crippen molar-refractivity contribution in [1.82, 2.24) is 4.98 Å². The highest BCUT2D eigenvalue weighted by atomic mass is 79.9. The van der Waals surface area contributed by atoms with Gasteiger partial charge in [-0.15, -0.1) is 0 Å². The smallest absolute Gasteiger partial charge is 0.340 e. The van der Waals surface area contributed by atoms with E-state index in [4.69, 9.17) is 4.74 Å². The van der Waals surface area contributed by atoms with Crippen molar-refractivity contribution in [2.45, 2.75) is 6.10 Å². The molecule has 3 rings (SSSR count). The molecule has 0 saturated heterocycles. The number of rotatable bonds is 4. The van der Waals surface area contributed by atoms with E-state index in [1.165, 1.54) is 18.2 Å². The average molecular weight is 386 g/mol. The summed E-state index contributed by atoms with van der Waals surface area (Å²) in [6.07, 6.45) is 1.00. The maximum atomic E-state index is 13.2. The van der Waals surface area contributed by atoms with Crippen LogP contribution < -0.4 is 0 Å². The van der Waals surface area contributed by atoms with Gasteiger partial charge in [-0.1, -0.05) is 36.4 Å². The van der Waals surface area contributed by atoms with E-state index in [9.17, 15) is 9.18 Å². The first-order valence-corrected chi connectivity index (χ1v) is 8.06. The second-order valence-corrected chi connectivity index (χ2v) is 5.93. The highest BCUT2D eigenvalue weighted by Crippen LogP contribution is 2.27. The van der Waals surface area contributed by atoms with Crippen molar-refractivity contribution >= 4 is 21.9 Å². The SMILES string of the molecule is O=C(OC(c1ccccc1)c1ccccn1)c1ccc(F)cc1Br. The van der Waals surface area contributed by atoms with Crippen molar-refractivity contribution in [3.8, 4) is 0 Å². The van der Waals surface area contributed by atoms with Crippen LogP contribution in [0.3, 0.4) is 0 Å². The van der Waals surface area contributed by atoms with Crippen LogP contribution in [0.5, 0.6) is 0 Å². The number of nitrogens with zero attached hydrogens (tertiary/aromatic N) is 1. The van der Waals surface area contributed by atoms with Gasteiger partial charge in [0.2, 0.25) is 0 Å². The van der Waals surface area contributed by atoms with Crippen LogP contribution in [0.1, 0.15) is 27.7 Å². The van der Waals surface area contributed by atoms with E-state index < -0.39 is 17.9 Å². The average Bonchev–Trinajstić information content (AvgIpc) is 2.61. The number of pyridine rings is 1. The molecule has 0 aliphatic carbocycles. The highest BCUT2D eigenvalue weighted by molar-refractivity contribution is 9.10. The van der Waals surface area contributed by atoms with Crippen LogP contribution in [-0.4, -0.2) is 11.0 Å². The van der Waals surface area contributed by atoms with Gasteiger partial charge in [0.15, 0.2) is 6.10 Å². The summed E-state index contributed by atoms with van der Waals surface area (Å²) in [6, 6.07) is 18.6. The molecule has 3 aromatic rings. The van der Waals surface area contributed by atoms with Gasteiger partial charge in [-0.2, -0.15) is 0 Å². The van der Waals surface area contributed by atoms with Crippen LogP contribution in [0.25, 0.3) is 0 Å². The van der Waals surface area contributed by atoms with Crippen molar-refractivity contribution in [2.75, 3.05) is 0 Å². The number of carbonyl (C=O) groups excluding carboxylic acids is 1. The lowest BCUT2D eigenvalue weighted by molar-refractivity contribution is 0.0369. The lowest BCUT2D eigenvalue weighted by Crippen LogP contribution is -2.14. The van der Waals surface area contributed by atoms with Crippen LogP contribution >= 0.6 is 15.9 Å². The van der Waals surface area contributed by atoms with Crippen LogP contribution in [-0.2, 0) is 4.74 Å². The van der Waals surface area contributed by atoms with Crippen LogP contribution in [0.4, 0.5) is 4.39 Å². The van der Waals surface area contributed by atoms with Crippen molar-refractivity contribution in [1.29, 1.82) is 0 Å². The third-order valence-corrected chi connectivity index (χ3v) is 4.09. The summed E-state index contributed by atoms with van der Waals surface area (Å²) in [5.41, 5.74) is 1.69. The Bertz CT molecular complexity index is 801. The maximum Gasteiger partial charge on any atom is 0.340 e. The summed E-state index contributed by atoms with van der Waals surface area (Å²) < 4.78 is 19.2. The van der Waals surface area contributed by atoms with E-state index in [0.29, 0.717) is 10.2 Å². The molecule has 0 amide bonds. The molecule has 0 fully saturated rings. The molecule has 1 unspecified atom stereocenters. The minimum absolute atomic E-state index is 0.258. The molecule has 0 aliphatic heterocycles. The number of hydrogen-bond donors (Lipinski definition) is 0. The third-order valence-electron chi connectivity index (χ3n) is 3.43. The van der Waals surface area contributed by atoms with Crippen molar-refractivity contribution < 1.29 is 13.9 Å². The molecule has 1 aromatic heterocycles. The third kappa shape index (κ3) is 3.68. The molecule has 5 heteroatoms. The maximum absolute atomic E-state index is 13.2. The molecule has 1 atom stereocenters. The Kier molecular flexibility index (Phi) is 5.01. The Labute approximate surface area is 147 Å². The topological polar surface area (TPSA) is 39.2 Å². The first-order chi connectivity index (χ1) is 11.6. The predicted octanol–water partition coefficient (Wildman–Crippen LogP) is 4.93. The Hall–Kier alpha value is -2.53. The zero-order chi connectivity index (χ0) is 16.9. The minimum atomic E-state index is -0.642. The fraction of sp³-hybridized carbons (Fsp3) is 0.0526. The summed E-state index contributed by atoms with van der Waals surface area (Å²) in [5.74, 6) is -0.982. The number of hydrogen-bond acceptors (Lipinski definition) is 3. The lowest BCUT2D eigenvalue weighted by atomic mass is 10.1. The van der Waals surface area contributed by atoms with Crippen molar-refractivity contribution in [3.05, 3.63) is 100 Å². The standard InChI is InChI=1S/C19H13BrFNO2/c20-16-12-14(21)9-10-15(16)19(23)24-18(13-6-2-1-3-7-13)17-8-4-5-11-22-17/h1-12,18H. The van der Waals surface area contributed by atoms with Gasteiger partial charge in [0.1, 0.15) is 5.82 Å². The summed E-state index contributed by atoms with van der Waals surface area (Å²) in [6.45, 7) is 0. The molecule has 24 heavy (non-hydrogen) atoms. The fourth-order valence-corrected chi connectivity index (χ4v) is 2.80. The Balaban J connectivity index is 1.94. The van der Waals surface area contributed by atoms with E-state index in [2.05, 4.69) is 20.9 Å². The van der Waals surface area contributed by atoms with E-state index in [1.807, 2.05) is 36.4 Å². The second kappa shape index (κ2) is 7.36. The monoisotopic (exact) mass is 385 g/mol. The van der Waals surface area contributed by atoms with Gasteiger partial charge >= 0.3 is 5.97 Å². The molecule has 0 bridgehead atoms. The molecule has 3 nitrogen and oxygen atoms in total. The molecular formula is C19H13BrFNO2. The molecule has 1 heterocycles. The Morgan fingerprint density at radius 2 is 1.79 bits per heavy atom. The molecule has 0 saturated carbocycles. The first kappa shape index (κ1) is 16.3. The van der Waals surface area contributed by atoms with Crippen LogP contribution in [0.2, 0.25) is 0 Å². The van der Waals surface area contributed by atoms with Gasteiger partial charge in [0, 0.05) is 10.7 Å². The summed E-state index contributed by atoms with van der Waals surface area (Å²) in [4.78, 5) is 16.8. The van der Waals surface area contributed by atoms with E-state index >= 15 is 0 Å². The fourth-order valence-electron chi connectivity index (χ4n) is 2.28. The normalized spacial score (nSPS) is 11.8. The quantitative estimate of drug-likeness (QED) is 0.597. The molecule has 2 aromatic carbocycles. The number of carbonyl (C=O) groups is 1. The predicted molar refractivity (Wildman–Crippen MR) is 92.0 cm³/mol. The minimum Gasteiger partial charge on any atom is -0.447 e. The van der Waals surface area contributed by atoms with Crippen LogP contribution in [0, 0.1) is 5.82 Å². The van der Waals surface area contributed by atoms with E-state index in [-0.39, 0.29) is 5.56 Å². The van der Waals surface area contributed by atoms with Crippen LogP contribution in [0.15, 0.2) is 77.4 Å². The first-order valence-electron chi connectivity index (χ1n) is 7.27. The number of ether oxygens (including phenoxy) is 1. The summed E-state index contributed by atoms with van der Waals surface area (Å²) >= 11 is 3.19. The van der Waals surface area contributed by atoms with Gasteiger partial charge in [-0.3, -0.25) is 4.98 Å². The van der Waals surface area contributed by atoms with Gasteiger partial charge < -0.3 is 4.74 Å². The van der Waals surface area contributed by atoms with E-state index in [1.54, 1.807) is 18.3 Å². The second-order valence-electron chi connectivity index (χ2n) is 5.07. The lowest BCUT2D eigenvalue weighted by Gasteiger charge is -2.18. The zero-order valence-corrected chi connectivity index (χ0v) is 14.1. The summed E-state index contributed by atoms with van der Waals surface area (Å²) in [7, 11) is 0. The molecule has 0 N–H and O–H groups in total. The van der Waals surface area contributed by atoms with Crippen molar-refractivity contribution in [2.24, 2.45) is 0 Å². The van der Waals surface area contributed by atoms with Gasteiger partial charge in [-0.25, -0.2) is 9.18 Å². The molecule has 0 aliphatic rings. The number of halogens is 2. The Morgan fingerprint density at radius 1 is 1.04 bits per heavy atom. The largest absolute Gasteiger partial charge is 0.447 e. The molecule has 120 valence electrons. The molecular weight excluding hydrogens is 373 g/mol. The Morgan fingerprint density at radius 3 is 2.46 bits per heavy atom. The van der Waals surface area contributed by atoms with Crippen molar-refractivity contribution in [3.63, 3.8) is 0 Å². The van der Waals surface area contributed by atoms with Gasteiger partial charge in [0.25, 0.3) is 0 Å². The zero-order valence-electron chi connectivity index (χ0n) is 12.5. The summed E-state index contributed by atoms with van der Waals surface area (Å²) in [5, 5.41) is 0. The number of aromatic nitrogens is 1. The number of benzene rings is 2.